The van der Waals surface area contributed by atoms with Crippen molar-refractivity contribution >= 4 is 17.5 Å². The third kappa shape index (κ3) is 1.98. The molecule has 16 heavy (non-hydrogen) atoms. The van der Waals surface area contributed by atoms with Crippen LogP contribution >= 0.6 is 0 Å². The number of rotatable bonds is 3. The molecule has 0 amide bonds. The zero-order valence-electron chi connectivity index (χ0n) is 9.56. The molecule has 0 saturated carbocycles. The number of hydrogen-bond acceptors (Lipinski definition) is 5. The van der Waals surface area contributed by atoms with Gasteiger partial charge in [0.15, 0.2) is 0 Å². The van der Waals surface area contributed by atoms with Crippen LogP contribution in [-0.4, -0.2) is 24.1 Å². The van der Waals surface area contributed by atoms with E-state index in [-0.39, 0.29) is 0 Å². The second-order valence-corrected chi connectivity index (χ2v) is 3.45. The van der Waals surface area contributed by atoms with Crippen LogP contribution in [0.4, 0.5) is 17.5 Å². The molecule has 0 spiro atoms. The highest BCUT2D eigenvalue weighted by molar-refractivity contribution is 5.57. The number of nitrogens with one attached hydrogen (secondary N) is 1. The topological polar surface area (TPSA) is 54.2 Å². The summed E-state index contributed by atoms with van der Waals surface area (Å²) >= 11 is 0. The van der Waals surface area contributed by atoms with Gasteiger partial charge in [-0.3, -0.25) is 4.90 Å². The van der Waals surface area contributed by atoms with Crippen molar-refractivity contribution in [2.75, 3.05) is 24.3 Å². The third-order valence-electron chi connectivity index (χ3n) is 2.31. The Morgan fingerprint density at radius 3 is 2.75 bits per heavy atom. The van der Waals surface area contributed by atoms with E-state index in [1.807, 2.05) is 44.1 Å². The number of aromatic nitrogens is 2. The number of furan rings is 1. The van der Waals surface area contributed by atoms with E-state index in [4.69, 9.17) is 4.42 Å². The first-order valence-electron chi connectivity index (χ1n) is 5.00. The molecule has 0 saturated heterocycles. The van der Waals surface area contributed by atoms with Crippen molar-refractivity contribution in [3.05, 3.63) is 30.3 Å². The van der Waals surface area contributed by atoms with Gasteiger partial charge in [0.05, 0.1) is 0 Å². The Labute approximate surface area is 94.1 Å². The lowest BCUT2D eigenvalue weighted by atomic mass is 10.4. The van der Waals surface area contributed by atoms with E-state index in [1.165, 1.54) is 6.33 Å². The van der Waals surface area contributed by atoms with Gasteiger partial charge in [0, 0.05) is 26.2 Å². The summed E-state index contributed by atoms with van der Waals surface area (Å²) in [5, 5.41) is 2.97. The molecule has 5 heteroatoms. The monoisotopic (exact) mass is 218 g/mol. The average molecular weight is 218 g/mol. The average Bonchev–Trinajstić information content (AvgIpc) is 2.75. The summed E-state index contributed by atoms with van der Waals surface area (Å²) in [7, 11) is 3.73. The fourth-order valence-corrected chi connectivity index (χ4v) is 1.38. The highest BCUT2D eigenvalue weighted by Crippen LogP contribution is 2.24. The van der Waals surface area contributed by atoms with Gasteiger partial charge in [-0.2, -0.15) is 0 Å². The molecule has 0 fully saturated rings. The van der Waals surface area contributed by atoms with Gasteiger partial charge < -0.3 is 9.73 Å². The highest BCUT2D eigenvalue weighted by atomic mass is 16.4. The summed E-state index contributed by atoms with van der Waals surface area (Å²) in [4.78, 5) is 10.1. The molecule has 0 aliphatic carbocycles. The quantitative estimate of drug-likeness (QED) is 0.855. The van der Waals surface area contributed by atoms with Crippen molar-refractivity contribution in [3.63, 3.8) is 0 Å². The van der Waals surface area contributed by atoms with Crippen molar-refractivity contribution in [2.45, 2.75) is 6.92 Å². The van der Waals surface area contributed by atoms with Gasteiger partial charge in [0.25, 0.3) is 0 Å². The van der Waals surface area contributed by atoms with Gasteiger partial charge >= 0.3 is 0 Å². The molecule has 0 aliphatic heterocycles. The lowest BCUT2D eigenvalue weighted by Crippen LogP contribution is -2.11. The Hall–Kier alpha value is -2.04. The highest BCUT2D eigenvalue weighted by Gasteiger charge is 2.09. The molecule has 0 aromatic carbocycles. The molecule has 0 bridgehead atoms. The van der Waals surface area contributed by atoms with E-state index < -0.39 is 0 Å². The van der Waals surface area contributed by atoms with Gasteiger partial charge in [0.1, 0.15) is 23.7 Å². The van der Waals surface area contributed by atoms with Gasteiger partial charge in [-0.05, 0) is 13.0 Å². The molecule has 84 valence electrons. The molecule has 5 nitrogen and oxygen atoms in total. The molecule has 2 aromatic rings. The molecule has 2 heterocycles. The molecular weight excluding hydrogens is 204 g/mol. The number of aryl methyl sites for hydroxylation is 1. The van der Waals surface area contributed by atoms with Crippen molar-refractivity contribution in [3.8, 4) is 0 Å². The molecule has 2 rings (SSSR count). The van der Waals surface area contributed by atoms with E-state index >= 15 is 0 Å². The molecule has 0 aliphatic rings. The summed E-state index contributed by atoms with van der Waals surface area (Å²) < 4.78 is 5.52. The molecule has 0 atom stereocenters. The first-order valence-corrected chi connectivity index (χ1v) is 5.00. The minimum atomic E-state index is 0.762. The third-order valence-corrected chi connectivity index (χ3v) is 2.31. The normalized spacial score (nSPS) is 10.2. The lowest BCUT2D eigenvalue weighted by Gasteiger charge is -2.15. The predicted octanol–water partition coefficient (Wildman–Crippen LogP) is 2.19. The van der Waals surface area contributed by atoms with Gasteiger partial charge in [-0.15, -0.1) is 0 Å². The largest absolute Gasteiger partial charge is 0.445 e. The summed E-state index contributed by atoms with van der Waals surface area (Å²) in [6.45, 7) is 1.91. The Kier molecular flexibility index (Phi) is 2.76. The van der Waals surface area contributed by atoms with Crippen LogP contribution in [0.1, 0.15) is 5.76 Å². The number of hydrogen-bond donors (Lipinski definition) is 1. The van der Waals surface area contributed by atoms with Crippen LogP contribution in [-0.2, 0) is 0 Å². The van der Waals surface area contributed by atoms with Crippen LogP contribution in [0.25, 0.3) is 0 Å². The Morgan fingerprint density at radius 1 is 1.31 bits per heavy atom. The lowest BCUT2D eigenvalue weighted by molar-refractivity contribution is 0.537. The molecule has 0 unspecified atom stereocenters. The summed E-state index contributed by atoms with van der Waals surface area (Å²) in [6.07, 6.45) is 1.52. The van der Waals surface area contributed by atoms with Crippen molar-refractivity contribution in [1.29, 1.82) is 0 Å². The minimum Gasteiger partial charge on any atom is -0.445 e. The fourth-order valence-electron chi connectivity index (χ4n) is 1.38. The Balaban J connectivity index is 2.29. The molecular formula is C11H14N4O. The first-order chi connectivity index (χ1) is 7.70. The van der Waals surface area contributed by atoms with Crippen LogP contribution in [0, 0.1) is 6.92 Å². The van der Waals surface area contributed by atoms with Crippen molar-refractivity contribution in [1.82, 2.24) is 9.97 Å². The minimum absolute atomic E-state index is 0.762. The van der Waals surface area contributed by atoms with Crippen molar-refractivity contribution < 1.29 is 4.42 Å². The molecule has 1 N–H and O–H groups in total. The summed E-state index contributed by atoms with van der Waals surface area (Å²) in [5.41, 5.74) is 0. The van der Waals surface area contributed by atoms with Crippen LogP contribution < -0.4 is 10.2 Å². The molecule has 0 radical (unpaired) electrons. The van der Waals surface area contributed by atoms with Crippen molar-refractivity contribution in [2.24, 2.45) is 0 Å². The zero-order chi connectivity index (χ0) is 11.5. The zero-order valence-corrected chi connectivity index (χ0v) is 9.56. The van der Waals surface area contributed by atoms with Gasteiger partial charge in [0.2, 0.25) is 5.88 Å². The maximum absolute atomic E-state index is 5.52. The Morgan fingerprint density at radius 2 is 2.12 bits per heavy atom. The van der Waals surface area contributed by atoms with Crippen LogP contribution in [0.15, 0.2) is 28.9 Å². The number of nitrogens with zero attached hydrogens (tertiary/aromatic N) is 3. The maximum atomic E-state index is 5.52. The maximum Gasteiger partial charge on any atom is 0.200 e. The van der Waals surface area contributed by atoms with Crippen LogP contribution in [0.3, 0.4) is 0 Å². The Bertz CT molecular complexity index is 480. The second-order valence-electron chi connectivity index (χ2n) is 3.45. The summed E-state index contributed by atoms with van der Waals surface area (Å²) in [5.74, 6) is 3.21. The van der Waals surface area contributed by atoms with E-state index in [1.54, 1.807) is 0 Å². The number of anilines is 3. The fraction of sp³-hybridized carbons (Fsp3) is 0.273. The van der Waals surface area contributed by atoms with E-state index in [2.05, 4.69) is 15.3 Å². The molecule has 2 aromatic heterocycles. The van der Waals surface area contributed by atoms with Gasteiger partial charge in [-0.1, -0.05) is 0 Å². The first kappa shape index (κ1) is 10.5. The van der Waals surface area contributed by atoms with E-state index in [0.29, 0.717) is 0 Å². The SMILES string of the molecule is CNc1cc(N(C)c2ccc(C)o2)ncn1. The predicted molar refractivity (Wildman–Crippen MR) is 63.1 cm³/mol. The standard InChI is InChI=1S/C11H14N4O/c1-8-4-5-11(16-8)15(3)10-6-9(12-2)13-7-14-10/h4-7H,1-3H3,(H,12,13,14). The summed E-state index contributed by atoms with van der Waals surface area (Å²) in [6, 6.07) is 5.69. The van der Waals surface area contributed by atoms with Gasteiger partial charge in [-0.25, -0.2) is 9.97 Å². The second kappa shape index (κ2) is 4.22. The van der Waals surface area contributed by atoms with Crippen LogP contribution in [0.2, 0.25) is 0 Å². The smallest absolute Gasteiger partial charge is 0.200 e. The van der Waals surface area contributed by atoms with Crippen LogP contribution in [0.5, 0.6) is 0 Å². The van der Waals surface area contributed by atoms with E-state index in [9.17, 15) is 0 Å². The van der Waals surface area contributed by atoms with E-state index in [0.717, 1.165) is 23.3 Å².